The fourth-order valence-corrected chi connectivity index (χ4v) is 5.23. The SMILES string of the molecule is CN[C@@H]1C[C@H](N)[C@@H](O)[C@H](O[C@@H]2O[C@H](CO)[C@H](O)[C@@H]3OC4(O[C@H]23)O[C@H]([C@@H](N)CO)[C@H](O)[C@H](O)C4O)[C@H]1O. The second-order valence-electron chi connectivity index (χ2n) is 9.72. The molecule has 13 N–H and O–H groups in total. The van der Waals surface area contributed by atoms with E-state index in [4.69, 9.17) is 35.2 Å². The molecule has 16 atom stereocenters. The highest BCUT2D eigenvalue weighted by molar-refractivity contribution is 5.05. The maximum Gasteiger partial charge on any atom is 0.314 e. The van der Waals surface area contributed by atoms with Crippen LogP contribution in [-0.2, 0) is 23.7 Å². The largest absolute Gasteiger partial charge is 0.395 e. The Labute approximate surface area is 206 Å². The van der Waals surface area contributed by atoms with E-state index >= 15 is 0 Å². The molecular formula is C20H37N3O13. The van der Waals surface area contributed by atoms with E-state index in [1.807, 2.05) is 0 Å². The van der Waals surface area contributed by atoms with Crippen molar-refractivity contribution < 1.29 is 64.5 Å². The third-order valence-corrected chi connectivity index (χ3v) is 7.42. The minimum Gasteiger partial charge on any atom is -0.395 e. The van der Waals surface area contributed by atoms with Crippen LogP contribution in [0.5, 0.6) is 0 Å². The molecule has 36 heavy (non-hydrogen) atoms. The molecule has 0 aromatic heterocycles. The number of nitrogens with two attached hydrogens (primary N) is 2. The minimum absolute atomic E-state index is 0.254. The molecule has 3 saturated heterocycles. The van der Waals surface area contributed by atoms with E-state index in [1.165, 1.54) is 0 Å². The normalized spacial score (nSPS) is 54.4. The van der Waals surface area contributed by atoms with Gasteiger partial charge in [0, 0.05) is 12.1 Å². The van der Waals surface area contributed by atoms with Crippen molar-refractivity contribution >= 4 is 0 Å². The lowest BCUT2D eigenvalue weighted by atomic mass is 9.84. The second kappa shape index (κ2) is 10.9. The Morgan fingerprint density at radius 1 is 0.944 bits per heavy atom. The maximum absolute atomic E-state index is 10.7. The summed E-state index contributed by atoms with van der Waals surface area (Å²) >= 11 is 0. The third-order valence-electron chi connectivity index (χ3n) is 7.42. The standard InChI is InChI=1S/C20H37N3O13/c1-23-7-2-5(21)9(26)15(10(7)27)33-19-17-16(11(28)8(4-25)32-19)35-20(36-17)18(31)13(30)12(29)14(34-20)6(22)3-24/h5-19,23-31H,2-4,21-22H2,1H3/t5-,6-,7+,8+,9+,10-,11-,12+,13-,14+,15-,16-,17-,18?,19-,20?/m0/s1. The molecule has 210 valence electrons. The van der Waals surface area contributed by atoms with Crippen molar-refractivity contribution in [1.29, 1.82) is 0 Å². The lowest BCUT2D eigenvalue weighted by molar-refractivity contribution is -0.439. The molecule has 4 fully saturated rings. The number of aliphatic hydroxyl groups excluding tert-OH is 8. The lowest BCUT2D eigenvalue weighted by Crippen LogP contribution is -2.69. The van der Waals surface area contributed by atoms with Crippen LogP contribution in [0.15, 0.2) is 0 Å². The maximum atomic E-state index is 10.7. The summed E-state index contributed by atoms with van der Waals surface area (Å²) < 4.78 is 28.7. The Morgan fingerprint density at radius 2 is 1.61 bits per heavy atom. The number of likely N-dealkylation sites (N-methyl/N-ethyl adjacent to an activating group) is 1. The van der Waals surface area contributed by atoms with Gasteiger partial charge in [-0.3, -0.25) is 0 Å². The molecule has 0 aromatic rings. The molecule has 4 aliphatic rings. The molecule has 1 spiro atoms. The number of rotatable bonds is 6. The van der Waals surface area contributed by atoms with Crippen LogP contribution in [0, 0.1) is 0 Å². The smallest absolute Gasteiger partial charge is 0.314 e. The zero-order valence-corrected chi connectivity index (χ0v) is 19.6. The lowest BCUT2D eigenvalue weighted by Gasteiger charge is -2.46. The molecule has 1 saturated carbocycles. The average molecular weight is 528 g/mol. The van der Waals surface area contributed by atoms with Crippen molar-refractivity contribution in [2.75, 3.05) is 20.3 Å². The van der Waals surface area contributed by atoms with Gasteiger partial charge in [0.2, 0.25) is 0 Å². The van der Waals surface area contributed by atoms with E-state index in [0.717, 1.165) is 0 Å². The molecule has 4 rings (SSSR count). The van der Waals surface area contributed by atoms with Gasteiger partial charge in [-0.05, 0) is 13.5 Å². The summed E-state index contributed by atoms with van der Waals surface area (Å²) in [6.45, 7) is -1.33. The zero-order chi connectivity index (χ0) is 26.5. The topological polar surface area (TPSA) is 272 Å². The molecule has 3 heterocycles. The number of aliphatic hydroxyl groups is 8. The summed E-state index contributed by atoms with van der Waals surface area (Å²) in [6.07, 6.45) is -17.7. The van der Waals surface area contributed by atoms with Gasteiger partial charge in [-0.25, -0.2) is 0 Å². The number of nitrogens with one attached hydrogen (secondary N) is 1. The minimum atomic E-state index is -2.48. The highest BCUT2D eigenvalue weighted by Crippen LogP contribution is 2.45. The molecule has 1 aliphatic carbocycles. The molecule has 0 aromatic carbocycles. The van der Waals surface area contributed by atoms with E-state index in [9.17, 15) is 40.9 Å². The van der Waals surface area contributed by atoms with Gasteiger partial charge in [0.25, 0.3) is 0 Å². The number of ether oxygens (including phenoxy) is 5. The van der Waals surface area contributed by atoms with Gasteiger partial charge in [-0.1, -0.05) is 0 Å². The first-order valence-corrected chi connectivity index (χ1v) is 11.8. The number of hydrogen-bond acceptors (Lipinski definition) is 16. The van der Waals surface area contributed by atoms with Crippen molar-refractivity contribution in [3.63, 3.8) is 0 Å². The van der Waals surface area contributed by atoms with Gasteiger partial charge in [0.05, 0.1) is 31.5 Å². The first-order valence-electron chi connectivity index (χ1n) is 11.8. The Hall–Kier alpha value is -0.640. The van der Waals surface area contributed by atoms with Crippen molar-refractivity contribution in [3.8, 4) is 0 Å². The van der Waals surface area contributed by atoms with Crippen LogP contribution >= 0.6 is 0 Å². The molecule has 16 nitrogen and oxygen atoms in total. The Kier molecular flexibility index (Phi) is 8.55. The van der Waals surface area contributed by atoms with Crippen LogP contribution in [0.3, 0.4) is 0 Å². The van der Waals surface area contributed by atoms with E-state index in [2.05, 4.69) is 5.32 Å². The molecule has 16 heteroatoms. The van der Waals surface area contributed by atoms with Gasteiger partial charge in [-0.15, -0.1) is 0 Å². The fourth-order valence-electron chi connectivity index (χ4n) is 5.23. The van der Waals surface area contributed by atoms with Crippen LogP contribution in [0.4, 0.5) is 0 Å². The highest BCUT2D eigenvalue weighted by atomic mass is 16.9. The highest BCUT2D eigenvalue weighted by Gasteiger charge is 2.67. The number of hydrogen-bond donors (Lipinski definition) is 11. The van der Waals surface area contributed by atoms with Crippen molar-refractivity contribution in [3.05, 3.63) is 0 Å². The van der Waals surface area contributed by atoms with Crippen LogP contribution in [0.2, 0.25) is 0 Å². The summed E-state index contributed by atoms with van der Waals surface area (Å²) in [6, 6.07) is -2.50. The molecule has 0 bridgehead atoms. The van der Waals surface area contributed by atoms with Crippen LogP contribution in [0.1, 0.15) is 6.42 Å². The summed E-state index contributed by atoms with van der Waals surface area (Å²) in [7, 11) is 1.60. The van der Waals surface area contributed by atoms with Crippen LogP contribution in [-0.4, -0.2) is 159 Å². The Morgan fingerprint density at radius 3 is 2.22 bits per heavy atom. The predicted molar refractivity (Wildman–Crippen MR) is 115 cm³/mol. The second-order valence-corrected chi connectivity index (χ2v) is 9.72. The van der Waals surface area contributed by atoms with Crippen molar-refractivity contribution in [2.45, 2.75) is 104 Å². The van der Waals surface area contributed by atoms with Crippen LogP contribution in [0.25, 0.3) is 0 Å². The van der Waals surface area contributed by atoms with Gasteiger partial charge in [0.15, 0.2) is 12.4 Å². The number of fused-ring (bicyclic) bond motifs is 1. The summed E-state index contributed by atoms with van der Waals surface area (Å²) in [5.74, 6) is -2.48. The molecule has 2 unspecified atom stereocenters. The van der Waals surface area contributed by atoms with Gasteiger partial charge < -0.3 is 81.3 Å². The average Bonchev–Trinajstić information content (AvgIpc) is 3.27. The van der Waals surface area contributed by atoms with E-state index < -0.39 is 111 Å². The van der Waals surface area contributed by atoms with Gasteiger partial charge in [0.1, 0.15) is 48.8 Å². The van der Waals surface area contributed by atoms with Gasteiger partial charge >= 0.3 is 5.97 Å². The third kappa shape index (κ3) is 4.68. The summed E-state index contributed by atoms with van der Waals surface area (Å²) in [5.41, 5.74) is 11.8. The van der Waals surface area contributed by atoms with E-state index in [0.29, 0.717) is 0 Å². The summed E-state index contributed by atoms with van der Waals surface area (Å²) in [5, 5.41) is 85.6. The van der Waals surface area contributed by atoms with E-state index in [-0.39, 0.29) is 6.42 Å². The van der Waals surface area contributed by atoms with Crippen molar-refractivity contribution in [2.24, 2.45) is 11.5 Å². The van der Waals surface area contributed by atoms with Crippen LogP contribution < -0.4 is 16.8 Å². The van der Waals surface area contributed by atoms with E-state index in [1.54, 1.807) is 7.05 Å². The quantitative estimate of drug-likeness (QED) is 0.153. The first-order chi connectivity index (χ1) is 17.0. The monoisotopic (exact) mass is 527 g/mol. The van der Waals surface area contributed by atoms with Gasteiger partial charge in [-0.2, -0.15) is 0 Å². The molecule has 0 radical (unpaired) electrons. The summed E-state index contributed by atoms with van der Waals surface area (Å²) in [4.78, 5) is 0. The Balaban J connectivity index is 1.62. The molecule has 0 amide bonds. The molecular weight excluding hydrogens is 490 g/mol. The first kappa shape index (κ1) is 28.4. The zero-order valence-electron chi connectivity index (χ0n) is 19.6. The van der Waals surface area contributed by atoms with Crippen molar-refractivity contribution in [1.82, 2.24) is 5.32 Å². The molecule has 3 aliphatic heterocycles. The predicted octanol–water partition coefficient (Wildman–Crippen LogP) is -7.27. The fraction of sp³-hybridized carbons (Fsp3) is 1.00. The Bertz CT molecular complexity index is 756.